The zero-order valence-corrected chi connectivity index (χ0v) is 12.3. The first kappa shape index (κ1) is 14.4. The first-order chi connectivity index (χ1) is 9.09. The van der Waals surface area contributed by atoms with Crippen LogP contribution < -0.4 is 5.73 Å². The Morgan fingerprint density at radius 2 is 2.26 bits per heavy atom. The van der Waals surface area contributed by atoms with Crippen molar-refractivity contribution in [2.45, 2.75) is 58.6 Å². The van der Waals surface area contributed by atoms with Gasteiger partial charge in [-0.25, -0.2) is 9.97 Å². The highest BCUT2D eigenvalue weighted by atomic mass is 16.5. The van der Waals surface area contributed by atoms with Crippen LogP contribution in [0, 0.1) is 12.8 Å². The third kappa shape index (κ3) is 3.12. The third-order valence-electron chi connectivity index (χ3n) is 3.90. The van der Waals surface area contributed by atoms with E-state index in [1.807, 2.05) is 19.9 Å². The highest BCUT2D eigenvalue weighted by molar-refractivity contribution is 5.15. The standard InChI is InChI=1S/C15H25N3O/c1-4-19-15(7-5-6-11(2)9-15)14-17-12(3)8-13(10-16)18-14/h8,11H,4-7,9-10,16H2,1-3H3. The molecule has 4 heteroatoms. The number of nitrogens with two attached hydrogens (primary N) is 1. The maximum atomic E-state index is 6.12. The lowest BCUT2D eigenvalue weighted by Gasteiger charge is -2.38. The van der Waals surface area contributed by atoms with Crippen LogP contribution in [0.25, 0.3) is 0 Å². The molecule has 1 aromatic rings. The second kappa shape index (κ2) is 5.97. The lowest BCUT2D eigenvalue weighted by molar-refractivity contribution is -0.0883. The molecule has 2 N–H and O–H groups in total. The predicted octanol–water partition coefficient (Wildman–Crippen LogP) is 2.69. The van der Waals surface area contributed by atoms with E-state index in [2.05, 4.69) is 16.9 Å². The molecule has 1 aliphatic rings. The molecular formula is C15H25N3O. The molecule has 2 atom stereocenters. The fraction of sp³-hybridized carbons (Fsp3) is 0.733. The molecule has 0 bridgehead atoms. The Morgan fingerprint density at radius 1 is 1.47 bits per heavy atom. The summed E-state index contributed by atoms with van der Waals surface area (Å²) in [6, 6.07) is 1.95. The molecule has 106 valence electrons. The molecule has 1 fully saturated rings. The van der Waals surface area contributed by atoms with Gasteiger partial charge in [0.15, 0.2) is 5.82 Å². The van der Waals surface area contributed by atoms with E-state index in [9.17, 15) is 0 Å². The summed E-state index contributed by atoms with van der Waals surface area (Å²) < 4.78 is 6.12. The van der Waals surface area contributed by atoms with E-state index in [0.29, 0.717) is 19.1 Å². The predicted molar refractivity (Wildman–Crippen MR) is 75.6 cm³/mol. The Morgan fingerprint density at radius 3 is 2.89 bits per heavy atom. The van der Waals surface area contributed by atoms with Gasteiger partial charge < -0.3 is 10.5 Å². The molecule has 19 heavy (non-hydrogen) atoms. The minimum Gasteiger partial charge on any atom is -0.367 e. The average molecular weight is 263 g/mol. The second-order valence-corrected chi connectivity index (χ2v) is 5.66. The van der Waals surface area contributed by atoms with Crippen LogP contribution in [0.2, 0.25) is 0 Å². The smallest absolute Gasteiger partial charge is 0.160 e. The van der Waals surface area contributed by atoms with Crippen LogP contribution in [0.4, 0.5) is 0 Å². The lowest BCUT2D eigenvalue weighted by atomic mass is 9.78. The summed E-state index contributed by atoms with van der Waals surface area (Å²) in [5, 5.41) is 0. The number of ether oxygens (including phenoxy) is 1. The summed E-state index contributed by atoms with van der Waals surface area (Å²) in [6.45, 7) is 7.47. The molecular weight excluding hydrogens is 238 g/mol. The molecule has 1 aliphatic carbocycles. The summed E-state index contributed by atoms with van der Waals surface area (Å²) in [4.78, 5) is 9.28. The molecule has 4 nitrogen and oxygen atoms in total. The van der Waals surface area contributed by atoms with E-state index in [1.165, 1.54) is 12.8 Å². The van der Waals surface area contributed by atoms with Crippen molar-refractivity contribution in [1.29, 1.82) is 0 Å². The Labute approximate surface area is 115 Å². The topological polar surface area (TPSA) is 61.0 Å². The number of aromatic nitrogens is 2. The van der Waals surface area contributed by atoms with Crippen molar-refractivity contribution in [3.8, 4) is 0 Å². The maximum absolute atomic E-state index is 6.12. The molecule has 1 heterocycles. The molecule has 2 rings (SSSR count). The van der Waals surface area contributed by atoms with Crippen molar-refractivity contribution in [1.82, 2.24) is 9.97 Å². The first-order valence-electron chi connectivity index (χ1n) is 7.28. The summed E-state index contributed by atoms with van der Waals surface area (Å²) in [6.07, 6.45) is 4.47. The van der Waals surface area contributed by atoms with E-state index < -0.39 is 0 Å². The van der Waals surface area contributed by atoms with Crippen LogP contribution in [0.3, 0.4) is 0 Å². The summed E-state index contributed by atoms with van der Waals surface area (Å²) in [5.74, 6) is 1.49. The van der Waals surface area contributed by atoms with Gasteiger partial charge in [0, 0.05) is 18.8 Å². The summed E-state index contributed by atoms with van der Waals surface area (Å²) >= 11 is 0. The molecule has 1 saturated carbocycles. The van der Waals surface area contributed by atoms with Crippen molar-refractivity contribution in [2.24, 2.45) is 11.7 Å². The highest BCUT2D eigenvalue weighted by Crippen LogP contribution is 2.41. The Kier molecular flexibility index (Phi) is 4.53. The van der Waals surface area contributed by atoms with Gasteiger partial charge in [-0.05, 0) is 45.1 Å². The van der Waals surface area contributed by atoms with Gasteiger partial charge in [-0.15, -0.1) is 0 Å². The highest BCUT2D eigenvalue weighted by Gasteiger charge is 2.40. The Balaban J connectivity index is 2.40. The zero-order chi connectivity index (χ0) is 13.9. The van der Waals surface area contributed by atoms with Crippen LogP contribution in [0.1, 0.15) is 56.7 Å². The number of hydrogen-bond donors (Lipinski definition) is 1. The average Bonchev–Trinajstić information content (AvgIpc) is 2.38. The van der Waals surface area contributed by atoms with Crippen LogP contribution in [0.15, 0.2) is 6.07 Å². The van der Waals surface area contributed by atoms with Gasteiger partial charge in [0.05, 0.1) is 5.69 Å². The molecule has 0 aliphatic heterocycles. The monoisotopic (exact) mass is 263 g/mol. The van der Waals surface area contributed by atoms with Crippen molar-refractivity contribution >= 4 is 0 Å². The molecule has 0 spiro atoms. The summed E-state index contributed by atoms with van der Waals surface area (Å²) in [7, 11) is 0. The Hall–Kier alpha value is -1.00. The molecule has 0 aromatic carbocycles. The largest absolute Gasteiger partial charge is 0.367 e. The number of rotatable bonds is 4. The SMILES string of the molecule is CCOC1(c2nc(C)cc(CN)n2)CCCC(C)C1. The van der Waals surface area contributed by atoms with Gasteiger partial charge in [0.2, 0.25) is 0 Å². The second-order valence-electron chi connectivity index (χ2n) is 5.66. The van der Waals surface area contributed by atoms with Crippen molar-refractivity contribution in [2.75, 3.05) is 6.61 Å². The molecule has 2 unspecified atom stereocenters. The number of hydrogen-bond acceptors (Lipinski definition) is 4. The van der Waals surface area contributed by atoms with Gasteiger partial charge in [0.1, 0.15) is 5.60 Å². The van der Waals surface area contributed by atoms with Crippen molar-refractivity contribution in [3.05, 3.63) is 23.3 Å². The van der Waals surface area contributed by atoms with E-state index in [-0.39, 0.29) is 5.60 Å². The van der Waals surface area contributed by atoms with Crippen molar-refractivity contribution < 1.29 is 4.74 Å². The van der Waals surface area contributed by atoms with Crippen LogP contribution in [-0.4, -0.2) is 16.6 Å². The fourth-order valence-electron chi connectivity index (χ4n) is 3.12. The maximum Gasteiger partial charge on any atom is 0.160 e. The minimum atomic E-state index is -0.303. The van der Waals surface area contributed by atoms with E-state index in [0.717, 1.165) is 30.1 Å². The molecule has 0 amide bonds. The van der Waals surface area contributed by atoms with E-state index >= 15 is 0 Å². The normalized spacial score (nSPS) is 27.5. The fourth-order valence-corrected chi connectivity index (χ4v) is 3.12. The Bertz CT molecular complexity index is 431. The van der Waals surface area contributed by atoms with E-state index in [1.54, 1.807) is 0 Å². The van der Waals surface area contributed by atoms with Crippen LogP contribution in [0.5, 0.6) is 0 Å². The molecule has 0 saturated heterocycles. The number of nitrogens with zero attached hydrogens (tertiary/aromatic N) is 2. The summed E-state index contributed by atoms with van der Waals surface area (Å²) in [5.41, 5.74) is 7.30. The van der Waals surface area contributed by atoms with E-state index in [4.69, 9.17) is 10.5 Å². The van der Waals surface area contributed by atoms with Gasteiger partial charge in [-0.2, -0.15) is 0 Å². The minimum absolute atomic E-state index is 0.303. The van der Waals surface area contributed by atoms with Gasteiger partial charge in [-0.1, -0.05) is 13.3 Å². The van der Waals surface area contributed by atoms with Crippen LogP contribution >= 0.6 is 0 Å². The number of aryl methyl sites for hydroxylation is 1. The van der Waals surface area contributed by atoms with Gasteiger partial charge >= 0.3 is 0 Å². The first-order valence-corrected chi connectivity index (χ1v) is 7.28. The molecule has 1 aromatic heterocycles. The van der Waals surface area contributed by atoms with Crippen molar-refractivity contribution in [3.63, 3.8) is 0 Å². The van der Waals surface area contributed by atoms with Gasteiger partial charge in [0.25, 0.3) is 0 Å². The van der Waals surface area contributed by atoms with Crippen LogP contribution in [-0.2, 0) is 16.9 Å². The third-order valence-corrected chi connectivity index (χ3v) is 3.90. The zero-order valence-electron chi connectivity index (χ0n) is 12.3. The molecule has 0 radical (unpaired) electrons. The lowest BCUT2D eigenvalue weighted by Crippen LogP contribution is -2.37. The van der Waals surface area contributed by atoms with Gasteiger partial charge in [-0.3, -0.25) is 0 Å². The quantitative estimate of drug-likeness (QED) is 0.907.